The molecule has 2 heterocycles. The second-order valence-electron chi connectivity index (χ2n) is 8.89. The van der Waals surface area contributed by atoms with Crippen LogP contribution in [0.5, 0.6) is 5.75 Å². The SMILES string of the molecule is OCSCC(CN1C[C@@H]2CC(O)(Cc3c(F)cccc3F)C[C@@H]2C1)c1ccc(O)cn1. The summed E-state index contributed by atoms with van der Waals surface area (Å²) in [6.45, 7) is 2.42. The Hall–Kier alpha value is -1.74. The van der Waals surface area contributed by atoms with Gasteiger partial charge in [0.2, 0.25) is 0 Å². The molecule has 4 rings (SSSR count). The van der Waals surface area contributed by atoms with Crippen LogP contribution in [-0.2, 0) is 6.42 Å². The number of aromatic hydroxyl groups is 1. The lowest BCUT2D eigenvalue weighted by Gasteiger charge is -2.28. The molecule has 2 aromatic rings. The van der Waals surface area contributed by atoms with Crippen LogP contribution in [0.1, 0.15) is 30.0 Å². The lowest BCUT2D eigenvalue weighted by atomic mass is 9.90. The zero-order chi connectivity index (χ0) is 22.0. The molecule has 4 atom stereocenters. The molecule has 3 N–H and O–H groups in total. The average Bonchev–Trinajstić information content (AvgIpc) is 3.23. The van der Waals surface area contributed by atoms with E-state index in [0.717, 1.165) is 31.1 Å². The lowest BCUT2D eigenvalue weighted by Crippen LogP contribution is -2.34. The highest BCUT2D eigenvalue weighted by atomic mass is 32.2. The number of hydrogen-bond acceptors (Lipinski definition) is 6. The third-order valence-corrected chi connectivity index (χ3v) is 7.40. The van der Waals surface area contributed by atoms with Gasteiger partial charge in [0.15, 0.2) is 0 Å². The van der Waals surface area contributed by atoms with Gasteiger partial charge in [-0.3, -0.25) is 4.98 Å². The molecule has 1 aromatic carbocycles. The Kier molecular flexibility index (Phi) is 6.81. The largest absolute Gasteiger partial charge is 0.506 e. The summed E-state index contributed by atoms with van der Waals surface area (Å²) in [4.78, 5) is 6.71. The quantitative estimate of drug-likeness (QED) is 0.537. The first-order valence-corrected chi connectivity index (χ1v) is 11.7. The summed E-state index contributed by atoms with van der Waals surface area (Å²) in [5, 5.41) is 29.8. The molecule has 2 aliphatic rings. The summed E-state index contributed by atoms with van der Waals surface area (Å²) in [6, 6.07) is 7.26. The van der Waals surface area contributed by atoms with Gasteiger partial charge in [-0.25, -0.2) is 8.78 Å². The molecule has 0 radical (unpaired) electrons. The molecule has 1 saturated carbocycles. The van der Waals surface area contributed by atoms with Crippen molar-refractivity contribution in [2.75, 3.05) is 31.3 Å². The van der Waals surface area contributed by atoms with Crippen LogP contribution in [0.3, 0.4) is 0 Å². The summed E-state index contributed by atoms with van der Waals surface area (Å²) in [5.41, 5.74) is -0.224. The van der Waals surface area contributed by atoms with E-state index in [9.17, 15) is 24.1 Å². The van der Waals surface area contributed by atoms with Gasteiger partial charge >= 0.3 is 0 Å². The van der Waals surface area contributed by atoms with Crippen molar-refractivity contribution in [3.8, 4) is 5.75 Å². The van der Waals surface area contributed by atoms with Crippen molar-refractivity contribution in [2.45, 2.75) is 30.8 Å². The first-order chi connectivity index (χ1) is 14.9. The zero-order valence-corrected chi connectivity index (χ0v) is 18.1. The second kappa shape index (κ2) is 9.40. The van der Waals surface area contributed by atoms with Crippen LogP contribution >= 0.6 is 11.8 Å². The maximum absolute atomic E-state index is 14.1. The van der Waals surface area contributed by atoms with Gasteiger partial charge in [-0.2, -0.15) is 0 Å². The Morgan fingerprint density at radius 3 is 2.39 bits per heavy atom. The minimum atomic E-state index is -1.07. The molecule has 0 amide bonds. The minimum absolute atomic E-state index is 0.00565. The molecular formula is C23H28F2N2O3S. The molecule has 168 valence electrons. The number of pyridine rings is 1. The number of likely N-dealkylation sites (tertiary alicyclic amines) is 1. The maximum Gasteiger partial charge on any atom is 0.133 e. The molecule has 1 aromatic heterocycles. The topological polar surface area (TPSA) is 76.8 Å². The fourth-order valence-corrected chi connectivity index (χ4v) is 5.92. The van der Waals surface area contributed by atoms with E-state index in [0.29, 0.717) is 24.7 Å². The number of fused-ring (bicyclic) bond motifs is 1. The van der Waals surface area contributed by atoms with Gasteiger partial charge in [0, 0.05) is 49.0 Å². The first-order valence-electron chi connectivity index (χ1n) is 10.6. The van der Waals surface area contributed by atoms with E-state index in [4.69, 9.17) is 0 Å². The van der Waals surface area contributed by atoms with E-state index < -0.39 is 17.2 Å². The van der Waals surface area contributed by atoms with Crippen LogP contribution in [0.2, 0.25) is 0 Å². The van der Waals surface area contributed by atoms with Gasteiger partial charge in [-0.1, -0.05) is 6.07 Å². The molecule has 0 spiro atoms. The number of aromatic nitrogens is 1. The van der Waals surface area contributed by atoms with Crippen molar-refractivity contribution in [1.82, 2.24) is 9.88 Å². The Bertz CT molecular complexity index is 865. The van der Waals surface area contributed by atoms with Crippen molar-refractivity contribution in [2.24, 2.45) is 11.8 Å². The molecule has 2 fully saturated rings. The average molecular weight is 451 g/mol. The number of nitrogens with zero attached hydrogens (tertiary/aromatic N) is 2. The number of thioether (sulfide) groups is 1. The first kappa shape index (κ1) is 22.5. The molecule has 1 saturated heterocycles. The molecular weight excluding hydrogens is 422 g/mol. The van der Waals surface area contributed by atoms with Crippen molar-refractivity contribution in [3.63, 3.8) is 0 Å². The van der Waals surface area contributed by atoms with Crippen LogP contribution < -0.4 is 0 Å². The lowest BCUT2D eigenvalue weighted by molar-refractivity contribution is 0.0336. The van der Waals surface area contributed by atoms with E-state index in [2.05, 4.69) is 9.88 Å². The Balaban J connectivity index is 1.38. The number of aliphatic hydroxyl groups excluding tert-OH is 1. The van der Waals surface area contributed by atoms with Crippen LogP contribution in [0.15, 0.2) is 36.5 Å². The summed E-state index contributed by atoms with van der Waals surface area (Å²) >= 11 is 1.44. The summed E-state index contributed by atoms with van der Waals surface area (Å²) in [7, 11) is 0. The van der Waals surface area contributed by atoms with E-state index in [1.807, 2.05) is 6.07 Å². The molecule has 8 heteroatoms. The van der Waals surface area contributed by atoms with Gasteiger partial charge in [0.05, 0.1) is 17.7 Å². The third-order valence-electron chi connectivity index (χ3n) is 6.58. The van der Waals surface area contributed by atoms with Crippen LogP contribution in [0.25, 0.3) is 0 Å². The van der Waals surface area contributed by atoms with E-state index in [1.165, 1.54) is 36.2 Å². The van der Waals surface area contributed by atoms with Crippen molar-refractivity contribution in [1.29, 1.82) is 0 Å². The van der Waals surface area contributed by atoms with Gasteiger partial charge < -0.3 is 20.2 Å². The molecule has 0 bridgehead atoms. The Morgan fingerprint density at radius 1 is 1.13 bits per heavy atom. The molecule has 5 nitrogen and oxygen atoms in total. The smallest absolute Gasteiger partial charge is 0.133 e. The third kappa shape index (κ3) is 5.19. The van der Waals surface area contributed by atoms with Crippen molar-refractivity contribution >= 4 is 11.8 Å². The normalized spacial score (nSPS) is 26.8. The zero-order valence-electron chi connectivity index (χ0n) is 17.3. The molecule has 1 aliphatic carbocycles. The number of benzene rings is 1. The number of aliphatic hydroxyl groups is 2. The van der Waals surface area contributed by atoms with E-state index in [-0.39, 0.29) is 29.6 Å². The van der Waals surface area contributed by atoms with Gasteiger partial charge in [0.25, 0.3) is 0 Å². The van der Waals surface area contributed by atoms with E-state index in [1.54, 1.807) is 6.07 Å². The van der Waals surface area contributed by atoms with Crippen molar-refractivity contribution in [3.05, 3.63) is 59.4 Å². The highest BCUT2D eigenvalue weighted by Crippen LogP contribution is 2.46. The summed E-state index contributed by atoms with van der Waals surface area (Å²) in [6.07, 6.45) is 2.52. The molecule has 1 aliphatic heterocycles. The standard InChI is InChI=1S/C23H28F2N2O3S/c24-20-2-1-3-21(25)19(20)8-23(30)6-15-10-27(11-16(15)7-23)12-17(13-31-14-28)22-5-4-18(29)9-26-22/h1-5,9,15-17,28-30H,6-8,10-14H2/t15-,16+,17?,23?. The predicted octanol–water partition coefficient (Wildman–Crippen LogP) is 3.15. The van der Waals surface area contributed by atoms with Gasteiger partial charge in [-0.15, -0.1) is 11.8 Å². The van der Waals surface area contributed by atoms with Gasteiger partial charge in [-0.05, 0) is 48.9 Å². The predicted molar refractivity (Wildman–Crippen MR) is 116 cm³/mol. The maximum atomic E-state index is 14.1. The van der Waals surface area contributed by atoms with Crippen LogP contribution in [0, 0.1) is 23.5 Å². The number of hydrogen-bond donors (Lipinski definition) is 3. The Morgan fingerprint density at radius 2 is 1.81 bits per heavy atom. The number of rotatable bonds is 8. The fraction of sp³-hybridized carbons (Fsp3) is 0.522. The highest BCUT2D eigenvalue weighted by Gasteiger charge is 2.48. The number of halogens is 2. The minimum Gasteiger partial charge on any atom is -0.506 e. The van der Waals surface area contributed by atoms with Crippen LogP contribution in [-0.4, -0.2) is 62.1 Å². The summed E-state index contributed by atoms with van der Waals surface area (Å²) < 4.78 is 28.1. The van der Waals surface area contributed by atoms with E-state index >= 15 is 0 Å². The second-order valence-corrected chi connectivity index (χ2v) is 9.89. The molecule has 31 heavy (non-hydrogen) atoms. The monoisotopic (exact) mass is 450 g/mol. The van der Waals surface area contributed by atoms with Crippen LogP contribution in [0.4, 0.5) is 8.78 Å². The summed E-state index contributed by atoms with van der Waals surface area (Å²) in [5.74, 6) is 0.380. The molecule has 2 unspecified atom stereocenters. The Labute approximate surface area is 185 Å². The fourth-order valence-electron chi connectivity index (χ4n) is 5.26. The van der Waals surface area contributed by atoms with Crippen molar-refractivity contribution < 1.29 is 24.1 Å². The highest BCUT2D eigenvalue weighted by molar-refractivity contribution is 7.99. The van der Waals surface area contributed by atoms with Gasteiger partial charge in [0.1, 0.15) is 17.4 Å².